The number of hydrogen-bond acceptors (Lipinski definition) is 4. The van der Waals surface area contributed by atoms with Gasteiger partial charge in [-0.3, -0.25) is 9.78 Å². The maximum absolute atomic E-state index is 12.4. The van der Waals surface area contributed by atoms with E-state index in [1.54, 1.807) is 24.2 Å². The number of ether oxygens (including phenoxy) is 1. The van der Waals surface area contributed by atoms with E-state index in [4.69, 9.17) is 16.3 Å². The van der Waals surface area contributed by atoms with Crippen molar-refractivity contribution < 1.29 is 9.53 Å². The molecule has 0 spiro atoms. The first-order valence-electron chi connectivity index (χ1n) is 8.96. The highest BCUT2D eigenvalue weighted by Gasteiger charge is 2.27. The Bertz CT molecular complexity index is 993. The third-order valence-electron chi connectivity index (χ3n) is 4.70. The van der Waals surface area contributed by atoms with E-state index >= 15 is 0 Å². The van der Waals surface area contributed by atoms with Gasteiger partial charge in [-0.05, 0) is 60.4 Å². The van der Waals surface area contributed by atoms with Crippen molar-refractivity contribution in [2.45, 2.75) is 17.4 Å². The van der Waals surface area contributed by atoms with Crippen molar-refractivity contribution in [2.75, 3.05) is 12.8 Å². The minimum Gasteiger partial charge on any atom is -0.487 e. The predicted octanol–water partition coefficient (Wildman–Crippen LogP) is 4.86. The molecule has 0 saturated heterocycles. The minimum absolute atomic E-state index is 0.0976. The number of fused-ring (bicyclic) bond motifs is 1. The number of pyridine rings is 1. The summed E-state index contributed by atoms with van der Waals surface area (Å²) in [6.07, 6.45) is 6.09. The van der Waals surface area contributed by atoms with E-state index in [1.165, 1.54) is 0 Å². The van der Waals surface area contributed by atoms with Crippen LogP contribution in [0.15, 0.2) is 65.8 Å². The van der Waals surface area contributed by atoms with E-state index in [1.807, 2.05) is 54.8 Å². The van der Waals surface area contributed by atoms with Crippen molar-refractivity contribution in [3.05, 3.63) is 77.1 Å². The van der Waals surface area contributed by atoms with Gasteiger partial charge in [0.1, 0.15) is 11.9 Å². The highest BCUT2D eigenvalue weighted by Crippen LogP contribution is 2.40. The second kappa shape index (κ2) is 8.25. The SMILES string of the molecule is CSc1ccc(C(=O)NC[C@@H]2Cc3cc(Cl)cc(-c4ccncc4)c3O2)cc1. The molecule has 0 bridgehead atoms. The summed E-state index contributed by atoms with van der Waals surface area (Å²) in [5, 5.41) is 3.65. The maximum Gasteiger partial charge on any atom is 0.251 e. The topological polar surface area (TPSA) is 51.2 Å². The molecule has 2 heterocycles. The van der Waals surface area contributed by atoms with Crippen LogP contribution in [0.2, 0.25) is 5.02 Å². The van der Waals surface area contributed by atoms with Gasteiger partial charge in [0.2, 0.25) is 0 Å². The number of carbonyl (C=O) groups is 1. The van der Waals surface area contributed by atoms with Crippen LogP contribution in [-0.4, -0.2) is 29.8 Å². The molecule has 2 aromatic carbocycles. The summed E-state index contributed by atoms with van der Waals surface area (Å²) in [5.41, 5.74) is 3.66. The predicted molar refractivity (Wildman–Crippen MR) is 113 cm³/mol. The molecule has 28 heavy (non-hydrogen) atoms. The van der Waals surface area contributed by atoms with Crippen molar-refractivity contribution in [1.82, 2.24) is 10.3 Å². The van der Waals surface area contributed by atoms with E-state index in [0.29, 0.717) is 23.6 Å². The molecular weight excluding hydrogens is 392 g/mol. The number of aromatic nitrogens is 1. The lowest BCUT2D eigenvalue weighted by Gasteiger charge is -2.14. The molecule has 1 atom stereocenters. The first-order chi connectivity index (χ1) is 13.6. The van der Waals surface area contributed by atoms with Crippen molar-refractivity contribution in [1.29, 1.82) is 0 Å². The Morgan fingerprint density at radius 1 is 1.21 bits per heavy atom. The molecule has 0 radical (unpaired) electrons. The van der Waals surface area contributed by atoms with Crippen molar-refractivity contribution in [2.24, 2.45) is 0 Å². The van der Waals surface area contributed by atoms with Crippen LogP contribution in [0.25, 0.3) is 11.1 Å². The van der Waals surface area contributed by atoms with Gasteiger partial charge in [0.25, 0.3) is 5.91 Å². The standard InChI is InChI=1S/C22H19ClN2O2S/c1-28-19-4-2-15(3-5-19)22(26)25-13-18-11-16-10-17(23)12-20(21(16)27-18)14-6-8-24-9-7-14/h2-10,12,18H,11,13H2,1H3,(H,25,26)/t18-/m0/s1. The fourth-order valence-corrected chi connectivity index (χ4v) is 3.95. The summed E-state index contributed by atoms with van der Waals surface area (Å²) in [4.78, 5) is 17.6. The van der Waals surface area contributed by atoms with E-state index < -0.39 is 0 Å². The van der Waals surface area contributed by atoms with Gasteiger partial charge in [0, 0.05) is 45.4 Å². The average molecular weight is 411 g/mol. The summed E-state index contributed by atoms with van der Waals surface area (Å²) < 4.78 is 6.17. The summed E-state index contributed by atoms with van der Waals surface area (Å²) in [7, 11) is 0. The van der Waals surface area contributed by atoms with Crippen LogP contribution in [0.4, 0.5) is 0 Å². The van der Waals surface area contributed by atoms with E-state index in [9.17, 15) is 4.79 Å². The van der Waals surface area contributed by atoms with Crippen molar-refractivity contribution in [3.8, 4) is 16.9 Å². The van der Waals surface area contributed by atoms with Gasteiger partial charge >= 0.3 is 0 Å². The van der Waals surface area contributed by atoms with Crippen molar-refractivity contribution in [3.63, 3.8) is 0 Å². The number of carbonyl (C=O) groups excluding carboxylic acids is 1. The summed E-state index contributed by atoms with van der Waals surface area (Å²) >= 11 is 7.97. The second-order valence-corrected chi connectivity index (χ2v) is 7.88. The van der Waals surface area contributed by atoms with Crippen LogP contribution >= 0.6 is 23.4 Å². The number of amides is 1. The van der Waals surface area contributed by atoms with Crippen LogP contribution in [0, 0.1) is 0 Å². The normalized spacial score (nSPS) is 15.0. The molecular formula is C22H19ClN2O2S. The first-order valence-corrected chi connectivity index (χ1v) is 10.6. The lowest BCUT2D eigenvalue weighted by Crippen LogP contribution is -2.34. The monoisotopic (exact) mass is 410 g/mol. The Balaban J connectivity index is 1.46. The Morgan fingerprint density at radius 3 is 2.68 bits per heavy atom. The summed E-state index contributed by atoms with van der Waals surface area (Å²) in [6.45, 7) is 0.436. The van der Waals surface area contributed by atoms with Crippen LogP contribution < -0.4 is 10.1 Å². The van der Waals surface area contributed by atoms with Gasteiger partial charge in [0.15, 0.2) is 0 Å². The van der Waals surface area contributed by atoms with E-state index in [-0.39, 0.29) is 12.0 Å². The molecule has 1 amide bonds. The van der Waals surface area contributed by atoms with Gasteiger partial charge in [-0.25, -0.2) is 0 Å². The average Bonchev–Trinajstić information content (AvgIpc) is 3.14. The second-order valence-electron chi connectivity index (χ2n) is 6.56. The Hall–Kier alpha value is -2.50. The Kier molecular flexibility index (Phi) is 5.55. The number of nitrogens with one attached hydrogen (secondary N) is 1. The first kappa shape index (κ1) is 18.8. The fraction of sp³-hybridized carbons (Fsp3) is 0.182. The summed E-state index contributed by atoms with van der Waals surface area (Å²) in [6, 6.07) is 15.3. The van der Waals surface area contributed by atoms with E-state index in [0.717, 1.165) is 27.3 Å². The third kappa shape index (κ3) is 4.01. The largest absolute Gasteiger partial charge is 0.487 e. The molecule has 0 aliphatic carbocycles. The number of hydrogen-bond donors (Lipinski definition) is 1. The molecule has 1 aromatic heterocycles. The number of nitrogens with zero attached hydrogens (tertiary/aromatic N) is 1. The fourth-order valence-electron chi connectivity index (χ4n) is 3.31. The molecule has 0 unspecified atom stereocenters. The van der Waals surface area contributed by atoms with E-state index in [2.05, 4.69) is 10.3 Å². The molecule has 4 nitrogen and oxygen atoms in total. The van der Waals surface area contributed by atoms with Gasteiger partial charge in [-0.1, -0.05) is 11.6 Å². The molecule has 142 valence electrons. The molecule has 6 heteroatoms. The van der Waals surface area contributed by atoms with Crippen LogP contribution in [0.1, 0.15) is 15.9 Å². The zero-order valence-corrected chi connectivity index (χ0v) is 16.9. The molecule has 1 aliphatic heterocycles. The number of thioether (sulfide) groups is 1. The Morgan fingerprint density at radius 2 is 1.96 bits per heavy atom. The summed E-state index contributed by atoms with van der Waals surface area (Å²) in [5.74, 6) is 0.735. The van der Waals surface area contributed by atoms with Gasteiger partial charge < -0.3 is 10.1 Å². The highest BCUT2D eigenvalue weighted by molar-refractivity contribution is 7.98. The Labute approximate surface area is 173 Å². The van der Waals surface area contributed by atoms with Gasteiger partial charge in [-0.2, -0.15) is 0 Å². The van der Waals surface area contributed by atoms with Crippen LogP contribution in [0.3, 0.4) is 0 Å². The quantitative estimate of drug-likeness (QED) is 0.610. The third-order valence-corrected chi connectivity index (χ3v) is 5.66. The molecule has 4 rings (SSSR count). The van der Waals surface area contributed by atoms with Crippen molar-refractivity contribution >= 4 is 29.3 Å². The molecule has 1 N–H and O–H groups in total. The maximum atomic E-state index is 12.4. The zero-order chi connectivity index (χ0) is 19.5. The van der Waals surface area contributed by atoms with Gasteiger partial charge in [-0.15, -0.1) is 11.8 Å². The van der Waals surface area contributed by atoms with Crippen LogP contribution in [-0.2, 0) is 6.42 Å². The highest BCUT2D eigenvalue weighted by atomic mass is 35.5. The molecule has 3 aromatic rings. The smallest absolute Gasteiger partial charge is 0.251 e. The molecule has 0 saturated carbocycles. The molecule has 1 aliphatic rings. The zero-order valence-electron chi connectivity index (χ0n) is 15.3. The lowest BCUT2D eigenvalue weighted by atomic mass is 10.0. The number of benzene rings is 2. The number of halogens is 1. The lowest BCUT2D eigenvalue weighted by molar-refractivity contribution is 0.0933. The van der Waals surface area contributed by atoms with Gasteiger partial charge in [0.05, 0.1) is 6.54 Å². The molecule has 0 fully saturated rings. The minimum atomic E-state index is -0.122. The number of rotatable bonds is 5. The van der Waals surface area contributed by atoms with Crippen LogP contribution in [0.5, 0.6) is 5.75 Å².